The van der Waals surface area contributed by atoms with Crippen LogP contribution in [0.4, 0.5) is 0 Å². The molecule has 1 aliphatic rings. The maximum absolute atomic E-state index is 11.0. The molecule has 2 aromatic carbocycles. The number of aliphatic hydroxyl groups is 1. The number of rotatable bonds is 2. The average molecular weight is 279 g/mol. The SMILES string of the molecule is CC(O)(c1cccc(C#N)c1)c1cccc2c1OCCC2. The van der Waals surface area contributed by atoms with E-state index in [0.717, 1.165) is 29.7 Å². The Morgan fingerprint density at radius 3 is 2.86 bits per heavy atom. The van der Waals surface area contributed by atoms with E-state index in [9.17, 15) is 5.11 Å². The summed E-state index contributed by atoms with van der Waals surface area (Å²) in [6.07, 6.45) is 1.97. The number of aryl methyl sites for hydroxylation is 1. The van der Waals surface area contributed by atoms with Gasteiger partial charge in [0.2, 0.25) is 0 Å². The molecular formula is C18H17NO2. The molecule has 0 spiro atoms. The van der Waals surface area contributed by atoms with Gasteiger partial charge in [-0.05, 0) is 43.0 Å². The van der Waals surface area contributed by atoms with Crippen LogP contribution in [0.5, 0.6) is 5.75 Å². The first kappa shape index (κ1) is 13.7. The monoisotopic (exact) mass is 279 g/mol. The van der Waals surface area contributed by atoms with Gasteiger partial charge in [-0.1, -0.05) is 30.3 Å². The van der Waals surface area contributed by atoms with Crippen molar-refractivity contribution in [3.8, 4) is 11.8 Å². The van der Waals surface area contributed by atoms with E-state index in [-0.39, 0.29) is 0 Å². The molecule has 1 unspecified atom stereocenters. The molecule has 0 saturated heterocycles. The molecular weight excluding hydrogens is 262 g/mol. The number of hydrogen-bond acceptors (Lipinski definition) is 3. The molecule has 1 aliphatic heterocycles. The lowest BCUT2D eigenvalue weighted by molar-refractivity contribution is 0.0967. The largest absolute Gasteiger partial charge is 0.493 e. The molecule has 0 amide bonds. The molecule has 1 atom stereocenters. The number of nitrogens with zero attached hydrogens (tertiary/aromatic N) is 1. The topological polar surface area (TPSA) is 53.2 Å². The summed E-state index contributed by atoms with van der Waals surface area (Å²) >= 11 is 0. The van der Waals surface area contributed by atoms with Crippen molar-refractivity contribution in [2.45, 2.75) is 25.4 Å². The first-order chi connectivity index (χ1) is 10.1. The van der Waals surface area contributed by atoms with Gasteiger partial charge in [-0.3, -0.25) is 0 Å². The molecule has 1 N–H and O–H groups in total. The van der Waals surface area contributed by atoms with Crippen LogP contribution in [0.2, 0.25) is 0 Å². The van der Waals surface area contributed by atoms with Gasteiger partial charge in [0.25, 0.3) is 0 Å². The normalized spacial score (nSPS) is 16.2. The predicted molar refractivity (Wildman–Crippen MR) is 80.1 cm³/mol. The van der Waals surface area contributed by atoms with Gasteiger partial charge in [-0.2, -0.15) is 5.26 Å². The quantitative estimate of drug-likeness (QED) is 0.918. The molecule has 0 radical (unpaired) electrons. The van der Waals surface area contributed by atoms with E-state index in [1.165, 1.54) is 0 Å². The zero-order chi connectivity index (χ0) is 14.9. The molecule has 0 bridgehead atoms. The van der Waals surface area contributed by atoms with Crippen molar-refractivity contribution in [3.05, 3.63) is 64.7 Å². The van der Waals surface area contributed by atoms with Gasteiger partial charge in [0.15, 0.2) is 0 Å². The first-order valence-corrected chi connectivity index (χ1v) is 7.11. The standard InChI is InChI=1S/C18H17NO2/c1-18(20,15-8-2-5-13(11-15)12-19)16-9-3-6-14-7-4-10-21-17(14)16/h2-3,5-6,8-9,11,20H,4,7,10H2,1H3. The summed E-state index contributed by atoms with van der Waals surface area (Å²) in [5.41, 5.74) is 1.95. The van der Waals surface area contributed by atoms with Crippen molar-refractivity contribution in [2.24, 2.45) is 0 Å². The minimum absolute atomic E-state index is 0.540. The number of hydrogen-bond donors (Lipinski definition) is 1. The summed E-state index contributed by atoms with van der Waals surface area (Å²) in [7, 11) is 0. The maximum atomic E-state index is 11.0. The molecule has 106 valence electrons. The third kappa shape index (κ3) is 2.39. The highest BCUT2D eigenvalue weighted by Gasteiger charge is 2.31. The molecule has 21 heavy (non-hydrogen) atoms. The molecule has 3 heteroatoms. The Balaban J connectivity index is 2.12. The molecule has 0 aliphatic carbocycles. The number of para-hydroxylation sites is 1. The van der Waals surface area contributed by atoms with Crippen molar-refractivity contribution in [1.29, 1.82) is 5.26 Å². The van der Waals surface area contributed by atoms with Crippen LogP contribution in [0.1, 0.15) is 35.6 Å². The summed E-state index contributed by atoms with van der Waals surface area (Å²) in [6.45, 7) is 2.43. The first-order valence-electron chi connectivity index (χ1n) is 7.11. The fourth-order valence-electron chi connectivity index (χ4n) is 2.82. The molecule has 2 aromatic rings. The summed E-state index contributed by atoms with van der Waals surface area (Å²) in [5, 5.41) is 20.1. The van der Waals surface area contributed by atoms with E-state index in [2.05, 4.69) is 6.07 Å². The second kappa shape index (κ2) is 5.23. The Hall–Kier alpha value is -2.31. The minimum atomic E-state index is -1.18. The summed E-state index contributed by atoms with van der Waals surface area (Å²) in [6, 6.07) is 15.1. The van der Waals surface area contributed by atoms with Crippen molar-refractivity contribution in [2.75, 3.05) is 6.61 Å². The van der Waals surface area contributed by atoms with Crippen LogP contribution in [0.25, 0.3) is 0 Å². The van der Waals surface area contributed by atoms with Crippen molar-refractivity contribution >= 4 is 0 Å². The second-order valence-corrected chi connectivity index (χ2v) is 5.51. The lowest BCUT2D eigenvalue weighted by atomic mass is 9.85. The van der Waals surface area contributed by atoms with Crippen LogP contribution in [-0.2, 0) is 12.0 Å². The summed E-state index contributed by atoms with van der Waals surface area (Å²) < 4.78 is 5.79. The Labute approximate surface area is 124 Å². The number of benzene rings is 2. The molecule has 3 nitrogen and oxygen atoms in total. The molecule has 0 saturated carbocycles. The predicted octanol–water partition coefficient (Wildman–Crippen LogP) is 3.14. The van der Waals surface area contributed by atoms with Gasteiger partial charge >= 0.3 is 0 Å². The van der Waals surface area contributed by atoms with E-state index in [0.29, 0.717) is 17.7 Å². The zero-order valence-corrected chi connectivity index (χ0v) is 12.0. The smallest absolute Gasteiger partial charge is 0.128 e. The second-order valence-electron chi connectivity index (χ2n) is 5.51. The average Bonchev–Trinajstić information content (AvgIpc) is 2.54. The van der Waals surface area contributed by atoms with E-state index in [4.69, 9.17) is 10.00 Å². The van der Waals surface area contributed by atoms with E-state index < -0.39 is 5.60 Å². The van der Waals surface area contributed by atoms with E-state index >= 15 is 0 Å². The molecule has 0 aromatic heterocycles. The number of ether oxygens (including phenoxy) is 1. The van der Waals surface area contributed by atoms with Gasteiger partial charge in [0.05, 0.1) is 18.2 Å². The highest BCUT2D eigenvalue weighted by atomic mass is 16.5. The van der Waals surface area contributed by atoms with Crippen LogP contribution in [0.15, 0.2) is 42.5 Å². The van der Waals surface area contributed by atoms with Crippen LogP contribution >= 0.6 is 0 Å². The number of nitriles is 1. The Kier molecular flexibility index (Phi) is 3.40. The molecule has 0 fully saturated rings. The van der Waals surface area contributed by atoms with Crippen LogP contribution in [-0.4, -0.2) is 11.7 Å². The van der Waals surface area contributed by atoms with Crippen molar-refractivity contribution in [3.63, 3.8) is 0 Å². The Bertz CT molecular complexity index is 713. The van der Waals surface area contributed by atoms with Crippen LogP contribution in [0, 0.1) is 11.3 Å². The lowest BCUT2D eigenvalue weighted by Gasteiger charge is -2.29. The van der Waals surface area contributed by atoms with E-state index in [1.807, 2.05) is 24.3 Å². The number of fused-ring (bicyclic) bond motifs is 1. The minimum Gasteiger partial charge on any atom is -0.493 e. The van der Waals surface area contributed by atoms with Gasteiger partial charge in [0, 0.05) is 5.56 Å². The Morgan fingerprint density at radius 1 is 1.24 bits per heavy atom. The fraction of sp³-hybridized carbons (Fsp3) is 0.278. The highest BCUT2D eigenvalue weighted by Crippen LogP contribution is 2.39. The third-order valence-corrected chi connectivity index (χ3v) is 4.01. The molecule has 3 rings (SSSR count). The zero-order valence-electron chi connectivity index (χ0n) is 12.0. The summed E-state index contributed by atoms with van der Waals surface area (Å²) in [4.78, 5) is 0. The van der Waals surface area contributed by atoms with Crippen molar-refractivity contribution in [1.82, 2.24) is 0 Å². The fourth-order valence-corrected chi connectivity index (χ4v) is 2.82. The maximum Gasteiger partial charge on any atom is 0.128 e. The van der Waals surface area contributed by atoms with Gasteiger partial charge in [-0.15, -0.1) is 0 Å². The van der Waals surface area contributed by atoms with Gasteiger partial charge in [-0.25, -0.2) is 0 Å². The van der Waals surface area contributed by atoms with E-state index in [1.54, 1.807) is 25.1 Å². The third-order valence-electron chi connectivity index (χ3n) is 4.01. The summed E-state index contributed by atoms with van der Waals surface area (Å²) in [5.74, 6) is 0.788. The Morgan fingerprint density at radius 2 is 2.05 bits per heavy atom. The van der Waals surface area contributed by atoms with Crippen molar-refractivity contribution < 1.29 is 9.84 Å². The molecule has 1 heterocycles. The highest BCUT2D eigenvalue weighted by molar-refractivity contribution is 5.50. The van der Waals surface area contributed by atoms with Crippen LogP contribution in [0.3, 0.4) is 0 Å². The lowest BCUT2D eigenvalue weighted by Crippen LogP contribution is -2.25. The van der Waals surface area contributed by atoms with Gasteiger partial charge in [0.1, 0.15) is 11.4 Å². The van der Waals surface area contributed by atoms with Crippen LogP contribution < -0.4 is 4.74 Å². The van der Waals surface area contributed by atoms with Gasteiger partial charge < -0.3 is 9.84 Å².